The molecule has 0 saturated heterocycles. The molecule has 0 unspecified atom stereocenters. The second-order valence-corrected chi connectivity index (χ2v) is 8.97. The molecule has 1 heterocycles. The lowest BCUT2D eigenvalue weighted by Crippen LogP contribution is -2.21. The van der Waals surface area contributed by atoms with Crippen LogP contribution in [0.15, 0.2) is 35.4 Å². The van der Waals surface area contributed by atoms with E-state index in [0.717, 1.165) is 12.1 Å². The Balaban J connectivity index is 2.57. The van der Waals surface area contributed by atoms with Crippen molar-refractivity contribution >= 4 is 15.7 Å². The second-order valence-electron chi connectivity index (χ2n) is 7.31. The summed E-state index contributed by atoms with van der Waals surface area (Å²) in [5, 5.41) is 4.34. The van der Waals surface area contributed by atoms with Crippen molar-refractivity contribution in [3.05, 3.63) is 41.7 Å². The molecule has 1 aromatic heterocycles. The molecule has 0 aliphatic rings. The van der Waals surface area contributed by atoms with Crippen molar-refractivity contribution < 1.29 is 21.6 Å². The van der Waals surface area contributed by atoms with E-state index in [1.807, 2.05) is 13.8 Å². The summed E-state index contributed by atoms with van der Waals surface area (Å²) < 4.78 is 68.7. The molecule has 0 atom stereocenters. The van der Waals surface area contributed by atoms with Gasteiger partial charge in [0.15, 0.2) is 0 Å². The van der Waals surface area contributed by atoms with E-state index in [1.54, 1.807) is 20.8 Å². The van der Waals surface area contributed by atoms with Gasteiger partial charge in [0.1, 0.15) is 4.90 Å². The van der Waals surface area contributed by atoms with E-state index in [4.69, 9.17) is 0 Å². The first-order valence-electron chi connectivity index (χ1n) is 8.02. The summed E-state index contributed by atoms with van der Waals surface area (Å²) in [6, 6.07) is 4.37. The predicted molar refractivity (Wildman–Crippen MR) is 93.6 cm³/mol. The van der Waals surface area contributed by atoms with Crippen LogP contribution in [0.5, 0.6) is 0 Å². The predicted octanol–water partition coefficient (Wildman–Crippen LogP) is 4.58. The number of aromatic nitrogens is 2. The van der Waals surface area contributed by atoms with Crippen LogP contribution < -0.4 is 4.72 Å². The Labute approximate surface area is 151 Å². The lowest BCUT2D eigenvalue weighted by Gasteiger charge is -2.19. The van der Waals surface area contributed by atoms with Crippen LogP contribution in [-0.2, 0) is 21.6 Å². The fourth-order valence-electron chi connectivity index (χ4n) is 2.37. The number of hydrogen-bond acceptors (Lipinski definition) is 3. The molecule has 9 heteroatoms. The Morgan fingerprint density at radius 1 is 1.12 bits per heavy atom. The lowest BCUT2D eigenvalue weighted by atomic mass is 9.92. The first-order valence-corrected chi connectivity index (χ1v) is 9.50. The maximum atomic E-state index is 13.2. The maximum absolute atomic E-state index is 13.2. The molecule has 0 spiro atoms. The molecule has 5 nitrogen and oxygen atoms in total. The summed E-state index contributed by atoms with van der Waals surface area (Å²) in [4.78, 5) is -0.129. The molecular weight excluding hydrogens is 367 g/mol. The van der Waals surface area contributed by atoms with Crippen LogP contribution >= 0.6 is 0 Å². The number of para-hydroxylation sites is 1. The Morgan fingerprint density at radius 2 is 1.69 bits per heavy atom. The van der Waals surface area contributed by atoms with E-state index in [2.05, 4.69) is 9.82 Å². The van der Waals surface area contributed by atoms with Crippen LogP contribution in [0.2, 0.25) is 0 Å². The summed E-state index contributed by atoms with van der Waals surface area (Å²) >= 11 is 0. The highest BCUT2D eigenvalue weighted by atomic mass is 32.2. The van der Waals surface area contributed by atoms with Gasteiger partial charge in [0, 0.05) is 17.7 Å². The van der Waals surface area contributed by atoms with Crippen molar-refractivity contribution in [3.63, 3.8) is 0 Å². The molecule has 2 rings (SSSR count). The number of sulfonamides is 1. The highest BCUT2D eigenvalue weighted by Crippen LogP contribution is 2.36. The molecule has 0 saturated carbocycles. The Bertz CT molecular complexity index is 895. The molecule has 144 valence electrons. The fourth-order valence-corrected chi connectivity index (χ4v) is 3.80. The smallest absolute Gasteiger partial charge is 0.279 e. The van der Waals surface area contributed by atoms with Gasteiger partial charge in [-0.15, -0.1) is 0 Å². The van der Waals surface area contributed by atoms with Crippen LogP contribution in [0.3, 0.4) is 0 Å². The molecular formula is C17H22F3N3O2S. The van der Waals surface area contributed by atoms with Gasteiger partial charge in [-0.2, -0.15) is 18.3 Å². The number of benzene rings is 1. The van der Waals surface area contributed by atoms with E-state index in [1.165, 1.54) is 23.0 Å². The zero-order valence-corrected chi connectivity index (χ0v) is 16.0. The number of alkyl halides is 3. The first-order chi connectivity index (χ1) is 11.7. The summed E-state index contributed by atoms with van der Waals surface area (Å²) in [5.74, 6) is 0. The number of rotatable bonds is 4. The highest BCUT2D eigenvalue weighted by molar-refractivity contribution is 7.92. The van der Waals surface area contributed by atoms with Crippen molar-refractivity contribution in [2.24, 2.45) is 0 Å². The van der Waals surface area contributed by atoms with Crippen LogP contribution in [0, 0.1) is 0 Å². The quantitative estimate of drug-likeness (QED) is 0.832. The molecule has 0 aliphatic heterocycles. The normalized spacial score (nSPS) is 13.3. The number of hydrogen-bond donors (Lipinski definition) is 1. The zero-order chi connectivity index (χ0) is 19.9. The van der Waals surface area contributed by atoms with Gasteiger partial charge in [-0.3, -0.25) is 9.40 Å². The molecule has 2 aromatic rings. The standard InChI is InChI=1S/C17H22F3N3O2S/c1-11(2)23-10-14(15(21-23)16(3,4)5)26(24,25)22-13-9-7-6-8-12(13)17(18,19)20/h6-11,22H,1-5H3. The molecule has 0 amide bonds. The monoisotopic (exact) mass is 389 g/mol. The van der Waals surface area contributed by atoms with E-state index in [0.29, 0.717) is 5.69 Å². The SMILES string of the molecule is CC(C)n1cc(S(=O)(=O)Nc2ccccc2C(F)(F)F)c(C(C)(C)C)n1. The van der Waals surface area contributed by atoms with Gasteiger partial charge in [-0.05, 0) is 26.0 Å². The third-order valence-electron chi connectivity index (χ3n) is 3.70. The van der Waals surface area contributed by atoms with Crippen LogP contribution in [0.25, 0.3) is 0 Å². The Hall–Kier alpha value is -2.03. The van der Waals surface area contributed by atoms with Crippen LogP contribution in [0.1, 0.15) is 51.9 Å². The summed E-state index contributed by atoms with van der Waals surface area (Å²) in [7, 11) is -4.26. The minimum atomic E-state index is -4.67. The summed E-state index contributed by atoms with van der Waals surface area (Å²) in [5.41, 5.74) is -1.87. The van der Waals surface area contributed by atoms with Crippen molar-refractivity contribution in [2.75, 3.05) is 4.72 Å². The minimum absolute atomic E-state index is 0.0949. The van der Waals surface area contributed by atoms with E-state index in [-0.39, 0.29) is 10.9 Å². The summed E-state index contributed by atoms with van der Waals surface area (Å²) in [6.07, 6.45) is -3.32. The average molecular weight is 389 g/mol. The van der Waals surface area contributed by atoms with Gasteiger partial charge >= 0.3 is 6.18 Å². The fraction of sp³-hybridized carbons (Fsp3) is 0.471. The van der Waals surface area contributed by atoms with Gasteiger partial charge in [0.2, 0.25) is 0 Å². The number of anilines is 1. The molecule has 0 aliphatic carbocycles. The number of nitrogens with one attached hydrogen (secondary N) is 1. The molecule has 0 bridgehead atoms. The molecule has 1 N–H and O–H groups in total. The zero-order valence-electron chi connectivity index (χ0n) is 15.2. The molecule has 0 radical (unpaired) electrons. The number of nitrogens with zero attached hydrogens (tertiary/aromatic N) is 2. The van der Waals surface area contributed by atoms with Gasteiger partial charge in [0.25, 0.3) is 10.0 Å². The van der Waals surface area contributed by atoms with Crippen molar-refractivity contribution in [3.8, 4) is 0 Å². The molecule has 1 aromatic carbocycles. The largest absolute Gasteiger partial charge is 0.418 e. The third-order valence-corrected chi connectivity index (χ3v) is 5.07. The summed E-state index contributed by atoms with van der Waals surface area (Å²) in [6.45, 7) is 9.05. The van der Waals surface area contributed by atoms with Crippen molar-refractivity contribution in [1.82, 2.24) is 9.78 Å². The van der Waals surface area contributed by atoms with Crippen molar-refractivity contribution in [1.29, 1.82) is 0 Å². The Kier molecular flexibility index (Phi) is 5.15. The average Bonchev–Trinajstić information content (AvgIpc) is 2.92. The lowest BCUT2D eigenvalue weighted by molar-refractivity contribution is -0.136. The maximum Gasteiger partial charge on any atom is 0.418 e. The van der Waals surface area contributed by atoms with Gasteiger partial charge in [-0.25, -0.2) is 8.42 Å². The van der Waals surface area contributed by atoms with E-state index in [9.17, 15) is 21.6 Å². The van der Waals surface area contributed by atoms with E-state index < -0.39 is 32.9 Å². The van der Waals surface area contributed by atoms with Crippen molar-refractivity contribution in [2.45, 2.75) is 57.1 Å². The molecule has 26 heavy (non-hydrogen) atoms. The topological polar surface area (TPSA) is 64.0 Å². The van der Waals surface area contributed by atoms with Gasteiger partial charge < -0.3 is 0 Å². The van der Waals surface area contributed by atoms with Crippen LogP contribution in [-0.4, -0.2) is 18.2 Å². The van der Waals surface area contributed by atoms with E-state index >= 15 is 0 Å². The van der Waals surface area contributed by atoms with Crippen LogP contribution in [0.4, 0.5) is 18.9 Å². The Morgan fingerprint density at radius 3 is 2.19 bits per heavy atom. The molecule has 0 fully saturated rings. The first kappa shape index (κ1) is 20.3. The third kappa shape index (κ3) is 4.20. The minimum Gasteiger partial charge on any atom is -0.279 e. The van der Waals surface area contributed by atoms with Gasteiger partial charge in [-0.1, -0.05) is 32.9 Å². The number of halogens is 3. The highest BCUT2D eigenvalue weighted by Gasteiger charge is 2.36. The second kappa shape index (κ2) is 6.61. The van der Waals surface area contributed by atoms with Gasteiger partial charge in [0.05, 0.1) is 16.9 Å².